The van der Waals surface area contributed by atoms with Gasteiger partial charge < -0.3 is 16.4 Å². The van der Waals surface area contributed by atoms with E-state index in [4.69, 9.17) is 11.5 Å². The number of carbonyl (C=O) groups is 1. The molecule has 1 saturated heterocycles. The standard InChI is InChI=1S/C17H23N3O/c1-10-8-14-13(17(19)21)5-6-15(16(14)11(10)2)20-7-3-4-12(18)9-20/h5-6,12H,3-4,7-9,18H2,1-2H3,(H2,19,21)/t12-/m1/s1. The zero-order chi connectivity index (χ0) is 15.1. The van der Waals surface area contributed by atoms with E-state index >= 15 is 0 Å². The first kappa shape index (κ1) is 14.1. The van der Waals surface area contributed by atoms with Crippen LogP contribution in [0.4, 0.5) is 5.69 Å². The van der Waals surface area contributed by atoms with Crippen molar-refractivity contribution in [1.29, 1.82) is 0 Å². The van der Waals surface area contributed by atoms with Gasteiger partial charge in [0.15, 0.2) is 0 Å². The third-order valence-electron chi connectivity index (χ3n) is 4.81. The Balaban J connectivity index is 2.10. The van der Waals surface area contributed by atoms with Crippen molar-refractivity contribution in [2.75, 3.05) is 18.0 Å². The van der Waals surface area contributed by atoms with E-state index in [2.05, 4.69) is 18.7 Å². The summed E-state index contributed by atoms with van der Waals surface area (Å²) in [6.07, 6.45) is 3.04. The van der Waals surface area contributed by atoms with Crippen LogP contribution in [0.1, 0.15) is 48.2 Å². The maximum atomic E-state index is 11.7. The topological polar surface area (TPSA) is 72.3 Å². The van der Waals surface area contributed by atoms with Crippen molar-refractivity contribution in [2.24, 2.45) is 11.5 Å². The molecule has 4 nitrogen and oxygen atoms in total. The van der Waals surface area contributed by atoms with Gasteiger partial charge in [0.25, 0.3) is 0 Å². The Hall–Kier alpha value is -1.81. The summed E-state index contributed by atoms with van der Waals surface area (Å²) in [7, 11) is 0. The molecule has 3 rings (SSSR count). The minimum Gasteiger partial charge on any atom is -0.369 e. The van der Waals surface area contributed by atoms with Gasteiger partial charge in [-0.2, -0.15) is 0 Å². The Labute approximate surface area is 125 Å². The highest BCUT2D eigenvalue weighted by Gasteiger charge is 2.27. The van der Waals surface area contributed by atoms with Crippen LogP contribution in [-0.2, 0) is 6.42 Å². The highest BCUT2D eigenvalue weighted by Crippen LogP contribution is 2.41. The van der Waals surface area contributed by atoms with Crippen molar-refractivity contribution in [2.45, 2.75) is 39.2 Å². The largest absolute Gasteiger partial charge is 0.369 e. The molecule has 1 aromatic rings. The molecule has 1 amide bonds. The first-order valence-corrected chi connectivity index (χ1v) is 7.62. The molecule has 1 atom stereocenters. The lowest BCUT2D eigenvalue weighted by Crippen LogP contribution is -2.43. The molecule has 2 aliphatic rings. The van der Waals surface area contributed by atoms with Crippen LogP contribution in [-0.4, -0.2) is 25.0 Å². The van der Waals surface area contributed by atoms with Crippen LogP contribution < -0.4 is 16.4 Å². The zero-order valence-corrected chi connectivity index (χ0v) is 12.8. The number of rotatable bonds is 2. The van der Waals surface area contributed by atoms with E-state index in [1.165, 1.54) is 22.4 Å². The van der Waals surface area contributed by atoms with Gasteiger partial charge in [0.05, 0.1) is 0 Å². The number of fused-ring (bicyclic) bond motifs is 1. The number of nitrogens with zero attached hydrogens (tertiary/aromatic N) is 1. The SMILES string of the molecule is CC1=C(C)c2c(N3CCC[C@@H](N)C3)ccc(C(N)=O)c2C1. The van der Waals surface area contributed by atoms with Gasteiger partial charge in [-0.3, -0.25) is 4.79 Å². The lowest BCUT2D eigenvalue weighted by atomic mass is 9.96. The summed E-state index contributed by atoms with van der Waals surface area (Å²) < 4.78 is 0. The van der Waals surface area contributed by atoms with Crippen LogP contribution in [0.2, 0.25) is 0 Å². The molecule has 1 fully saturated rings. The number of anilines is 1. The molecule has 1 aliphatic heterocycles. The second kappa shape index (κ2) is 5.19. The molecule has 0 bridgehead atoms. The van der Waals surface area contributed by atoms with E-state index in [1.54, 1.807) is 0 Å². The molecule has 4 N–H and O–H groups in total. The number of piperidine rings is 1. The van der Waals surface area contributed by atoms with Gasteiger partial charge in [0, 0.05) is 35.9 Å². The fourth-order valence-corrected chi connectivity index (χ4v) is 3.57. The van der Waals surface area contributed by atoms with Crippen LogP contribution in [0.15, 0.2) is 17.7 Å². The van der Waals surface area contributed by atoms with E-state index in [0.29, 0.717) is 5.56 Å². The predicted octanol–water partition coefficient (Wildman–Crippen LogP) is 2.06. The van der Waals surface area contributed by atoms with Crippen molar-refractivity contribution < 1.29 is 4.79 Å². The average Bonchev–Trinajstić information content (AvgIpc) is 2.74. The number of primary amides is 1. The smallest absolute Gasteiger partial charge is 0.249 e. The maximum absolute atomic E-state index is 11.7. The van der Waals surface area contributed by atoms with E-state index < -0.39 is 0 Å². The van der Waals surface area contributed by atoms with Crippen molar-refractivity contribution in [3.63, 3.8) is 0 Å². The minimum absolute atomic E-state index is 0.233. The Morgan fingerprint density at radius 2 is 2.10 bits per heavy atom. The fourth-order valence-electron chi connectivity index (χ4n) is 3.57. The van der Waals surface area contributed by atoms with Gasteiger partial charge in [-0.05, 0) is 56.4 Å². The van der Waals surface area contributed by atoms with Crippen LogP contribution in [0.25, 0.3) is 5.57 Å². The summed E-state index contributed by atoms with van der Waals surface area (Å²) in [5.74, 6) is -0.337. The summed E-state index contributed by atoms with van der Waals surface area (Å²) in [5.41, 5.74) is 18.4. The Bertz CT molecular complexity index is 633. The molecule has 0 spiro atoms. The molecular weight excluding hydrogens is 262 g/mol. The quantitative estimate of drug-likeness (QED) is 0.873. The molecule has 0 unspecified atom stereocenters. The summed E-state index contributed by atoms with van der Waals surface area (Å²) in [5, 5.41) is 0. The Kier molecular flexibility index (Phi) is 3.49. The molecule has 1 aromatic carbocycles. The zero-order valence-electron chi connectivity index (χ0n) is 12.8. The van der Waals surface area contributed by atoms with E-state index in [-0.39, 0.29) is 11.9 Å². The number of benzene rings is 1. The number of nitrogens with two attached hydrogens (primary N) is 2. The number of hydrogen-bond acceptors (Lipinski definition) is 3. The monoisotopic (exact) mass is 285 g/mol. The second-order valence-corrected chi connectivity index (χ2v) is 6.28. The van der Waals surface area contributed by atoms with Crippen molar-refractivity contribution in [3.8, 4) is 0 Å². The maximum Gasteiger partial charge on any atom is 0.249 e. The summed E-state index contributed by atoms with van der Waals surface area (Å²) in [6, 6.07) is 4.15. The van der Waals surface area contributed by atoms with E-state index in [1.807, 2.05) is 12.1 Å². The van der Waals surface area contributed by atoms with Crippen molar-refractivity contribution in [1.82, 2.24) is 0 Å². The minimum atomic E-state index is -0.337. The predicted molar refractivity (Wildman–Crippen MR) is 86.4 cm³/mol. The molecule has 112 valence electrons. The molecule has 4 heteroatoms. The Morgan fingerprint density at radius 3 is 2.76 bits per heavy atom. The molecule has 21 heavy (non-hydrogen) atoms. The van der Waals surface area contributed by atoms with Crippen LogP contribution in [0, 0.1) is 0 Å². The first-order valence-electron chi connectivity index (χ1n) is 7.62. The highest BCUT2D eigenvalue weighted by atomic mass is 16.1. The normalized spacial score (nSPS) is 21.7. The number of allylic oxidation sites excluding steroid dienone is 2. The fraction of sp³-hybridized carbons (Fsp3) is 0.471. The molecule has 1 aliphatic carbocycles. The van der Waals surface area contributed by atoms with E-state index in [0.717, 1.165) is 37.9 Å². The summed E-state index contributed by atoms with van der Waals surface area (Å²) in [4.78, 5) is 14.0. The first-order chi connectivity index (χ1) is 9.99. The third kappa shape index (κ3) is 2.33. The highest BCUT2D eigenvalue weighted by molar-refractivity contribution is 5.99. The van der Waals surface area contributed by atoms with Gasteiger partial charge in [0.2, 0.25) is 5.91 Å². The lowest BCUT2D eigenvalue weighted by Gasteiger charge is -2.34. The summed E-state index contributed by atoms with van der Waals surface area (Å²) >= 11 is 0. The number of hydrogen-bond donors (Lipinski definition) is 2. The molecular formula is C17H23N3O. The second-order valence-electron chi connectivity index (χ2n) is 6.28. The molecule has 0 radical (unpaired) electrons. The van der Waals surface area contributed by atoms with Crippen LogP contribution >= 0.6 is 0 Å². The lowest BCUT2D eigenvalue weighted by molar-refractivity contribution is 0.0999. The summed E-state index contributed by atoms with van der Waals surface area (Å²) in [6.45, 7) is 6.18. The van der Waals surface area contributed by atoms with E-state index in [9.17, 15) is 4.79 Å². The van der Waals surface area contributed by atoms with Gasteiger partial charge >= 0.3 is 0 Å². The number of amides is 1. The van der Waals surface area contributed by atoms with Gasteiger partial charge in [-0.1, -0.05) is 5.57 Å². The number of carbonyl (C=O) groups excluding carboxylic acids is 1. The van der Waals surface area contributed by atoms with Crippen molar-refractivity contribution >= 4 is 17.2 Å². The average molecular weight is 285 g/mol. The Morgan fingerprint density at radius 1 is 1.33 bits per heavy atom. The van der Waals surface area contributed by atoms with Crippen LogP contribution in [0.5, 0.6) is 0 Å². The van der Waals surface area contributed by atoms with Crippen LogP contribution in [0.3, 0.4) is 0 Å². The molecule has 1 heterocycles. The van der Waals surface area contributed by atoms with Gasteiger partial charge in [-0.25, -0.2) is 0 Å². The molecule has 0 saturated carbocycles. The van der Waals surface area contributed by atoms with Gasteiger partial charge in [0.1, 0.15) is 0 Å². The third-order valence-corrected chi connectivity index (χ3v) is 4.81. The van der Waals surface area contributed by atoms with Gasteiger partial charge in [-0.15, -0.1) is 0 Å². The van der Waals surface area contributed by atoms with Crippen molar-refractivity contribution in [3.05, 3.63) is 34.4 Å². The molecule has 0 aromatic heterocycles.